The topological polar surface area (TPSA) is 64.6 Å². The zero-order valence-electron chi connectivity index (χ0n) is 12.8. The third-order valence-electron chi connectivity index (χ3n) is 2.96. The molecule has 114 valence electrons. The minimum Gasteiger partial charge on any atom is -0.497 e. The van der Waals surface area contributed by atoms with Crippen LogP contribution in [0.5, 0.6) is 5.75 Å². The lowest BCUT2D eigenvalue weighted by molar-refractivity contribution is -0.145. The molecule has 1 aromatic rings. The van der Waals surface area contributed by atoms with E-state index in [-0.39, 0.29) is 11.8 Å². The monoisotopic (exact) mass is 291 g/mol. The number of carbonyl (C=O) groups is 2. The molecule has 0 saturated carbocycles. The summed E-state index contributed by atoms with van der Waals surface area (Å²) in [7, 11) is 2.90. The molecule has 5 heteroatoms. The van der Waals surface area contributed by atoms with Crippen LogP contribution in [-0.4, -0.2) is 32.1 Å². The molecule has 1 atom stereocenters. The number of methoxy groups -OCH3 is 2. The number of benzene rings is 1. The van der Waals surface area contributed by atoms with E-state index in [0.29, 0.717) is 0 Å². The Morgan fingerprint density at radius 1 is 1.14 bits per heavy atom. The van der Waals surface area contributed by atoms with E-state index >= 15 is 0 Å². The highest BCUT2D eigenvalue weighted by molar-refractivity contribution is 5.94. The molecule has 1 N–H and O–H groups in total. The SMILES string of the molecule is COC(=O)[C@@H](NC(=O)C=Cc1ccc(OC)cc1)C(C)C. The third kappa shape index (κ3) is 5.30. The quantitative estimate of drug-likeness (QED) is 0.643. The standard InChI is InChI=1S/C16H21NO4/c1-11(2)15(16(19)21-4)17-14(18)10-7-12-5-8-13(20-3)9-6-12/h5-11,15H,1-4H3,(H,17,18)/t15-/m0/s1. The average molecular weight is 291 g/mol. The van der Waals surface area contributed by atoms with Crippen LogP contribution in [0.4, 0.5) is 0 Å². The smallest absolute Gasteiger partial charge is 0.328 e. The Hall–Kier alpha value is -2.30. The van der Waals surface area contributed by atoms with Crippen LogP contribution in [0.3, 0.4) is 0 Å². The maximum Gasteiger partial charge on any atom is 0.328 e. The molecule has 0 unspecified atom stereocenters. The number of hydrogen-bond donors (Lipinski definition) is 1. The molecule has 0 spiro atoms. The van der Waals surface area contributed by atoms with Crippen LogP contribution in [0.15, 0.2) is 30.3 Å². The van der Waals surface area contributed by atoms with Gasteiger partial charge in [0, 0.05) is 6.08 Å². The number of carbonyl (C=O) groups excluding carboxylic acids is 2. The first-order chi connectivity index (χ1) is 9.97. The molecule has 0 aliphatic rings. The zero-order valence-corrected chi connectivity index (χ0v) is 12.8. The molecular weight excluding hydrogens is 270 g/mol. The highest BCUT2D eigenvalue weighted by atomic mass is 16.5. The fraction of sp³-hybridized carbons (Fsp3) is 0.375. The van der Waals surface area contributed by atoms with Gasteiger partial charge in [0.25, 0.3) is 0 Å². The van der Waals surface area contributed by atoms with E-state index in [0.717, 1.165) is 11.3 Å². The molecule has 0 heterocycles. The molecule has 1 rings (SSSR count). The van der Waals surface area contributed by atoms with E-state index in [9.17, 15) is 9.59 Å². The highest BCUT2D eigenvalue weighted by Crippen LogP contribution is 2.12. The third-order valence-corrected chi connectivity index (χ3v) is 2.96. The first kappa shape index (κ1) is 16.8. The van der Waals surface area contributed by atoms with Crippen molar-refractivity contribution in [1.29, 1.82) is 0 Å². The number of hydrogen-bond acceptors (Lipinski definition) is 4. The Kier molecular flexibility index (Phi) is 6.46. The molecule has 0 bridgehead atoms. The van der Waals surface area contributed by atoms with Crippen molar-refractivity contribution in [2.45, 2.75) is 19.9 Å². The van der Waals surface area contributed by atoms with Gasteiger partial charge in [-0.15, -0.1) is 0 Å². The second-order valence-corrected chi connectivity index (χ2v) is 4.86. The van der Waals surface area contributed by atoms with Gasteiger partial charge in [-0.05, 0) is 29.7 Å². The zero-order chi connectivity index (χ0) is 15.8. The van der Waals surface area contributed by atoms with Gasteiger partial charge in [-0.3, -0.25) is 4.79 Å². The Labute approximate surface area is 124 Å². The summed E-state index contributed by atoms with van der Waals surface area (Å²) >= 11 is 0. The van der Waals surface area contributed by atoms with Crippen molar-refractivity contribution >= 4 is 18.0 Å². The van der Waals surface area contributed by atoms with Gasteiger partial charge < -0.3 is 14.8 Å². The first-order valence-electron chi connectivity index (χ1n) is 6.68. The molecule has 21 heavy (non-hydrogen) atoms. The van der Waals surface area contributed by atoms with Crippen molar-refractivity contribution in [3.63, 3.8) is 0 Å². The van der Waals surface area contributed by atoms with Crippen molar-refractivity contribution in [1.82, 2.24) is 5.32 Å². The van der Waals surface area contributed by atoms with Crippen LogP contribution in [-0.2, 0) is 14.3 Å². The summed E-state index contributed by atoms with van der Waals surface area (Å²) in [6.07, 6.45) is 3.06. The summed E-state index contributed by atoms with van der Waals surface area (Å²) in [5, 5.41) is 2.63. The van der Waals surface area contributed by atoms with Gasteiger partial charge in [-0.2, -0.15) is 0 Å². The van der Waals surface area contributed by atoms with Gasteiger partial charge in [-0.1, -0.05) is 26.0 Å². The van der Waals surface area contributed by atoms with Gasteiger partial charge in [0.2, 0.25) is 5.91 Å². The van der Waals surface area contributed by atoms with E-state index in [2.05, 4.69) is 10.1 Å². The summed E-state index contributed by atoms with van der Waals surface area (Å²) in [4.78, 5) is 23.4. The van der Waals surface area contributed by atoms with Gasteiger partial charge >= 0.3 is 5.97 Å². The molecule has 0 aliphatic carbocycles. The maximum absolute atomic E-state index is 11.8. The predicted octanol–water partition coefficient (Wildman–Crippen LogP) is 2.02. The van der Waals surface area contributed by atoms with Gasteiger partial charge in [-0.25, -0.2) is 4.79 Å². The highest BCUT2D eigenvalue weighted by Gasteiger charge is 2.23. The van der Waals surface area contributed by atoms with Crippen LogP contribution in [0.25, 0.3) is 6.08 Å². The largest absolute Gasteiger partial charge is 0.497 e. The van der Waals surface area contributed by atoms with Gasteiger partial charge in [0.1, 0.15) is 11.8 Å². The van der Waals surface area contributed by atoms with E-state index in [1.165, 1.54) is 13.2 Å². The van der Waals surface area contributed by atoms with Crippen molar-refractivity contribution in [3.05, 3.63) is 35.9 Å². The van der Waals surface area contributed by atoms with Crippen LogP contribution in [0.2, 0.25) is 0 Å². The molecular formula is C16H21NO4. The van der Waals surface area contributed by atoms with Crippen molar-refractivity contribution in [2.24, 2.45) is 5.92 Å². The summed E-state index contributed by atoms with van der Waals surface area (Å²) in [6.45, 7) is 3.68. The summed E-state index contributed by atoms with van der Waals surface area (Å²) in [5.41, 5.74) is 0.866. The molecule has 5 nitrogen and oxygen atoms in total. The lowest BCUT2D eigenvalue weighted by atomic mass is 10.0. The molecule has 1 amide bonds. The number of rotatable bonds is 6. The van der Waals surface area contributed by atoms with Crippen molar-refractivity contribution < 1.29 is 19.1 Å². The fourth-order valence-corrected chi connectivity index (χ4v) is 1.71. The second kappa shape index (κ2) is 8.09. The maximum atomic E-state index is 11.8. The van der Waals surface area contributed by atoms with E-state index in [4.69, 9.17) is 4.74 Å². The summed E-state index contributed by atoms with van der Waals surface area (Å²) < 4.78 is 9.73. The van der Waals surface area contributed by atoms with Crippen LogP contribution in [0, 0.1) is 5.92 Å². The number of amides is 1. The van der Waals surface area contributed by atoms with Crippen LogP contribution < -0.4 is 10.1 Å². The lowest BCUT2D eigenvalue weighted by Crippen LogP contribution is -2.44. The Morgan fingerprint density at radius 3 is 2.24 bits per heavy atom. The van der Waals surface area contributed by atoms with Crippen molar-refractivity contribution in [2.75, 3.05) is 14.2 Å². The molecule has 0 aromatic heterocycles. The summed E-state index contributed by atoms with van der Waals surface area (Å²) in [6, 6.07) is 6.64. The first-order valence-corrected chi connectivity index (χ1v) is 6.68. The molecule has 0 aliphatic heterocycles. The minimum atomic E-state index is -0.650. The normalized spacial score (nSPS) is 12.2. The average Bonchev–Trinajstić information content (AvgIpc) is 2.50. The Balaban J connectivity index is 2.66. The van der Waals surface area contributed by atoms with Crippen molar-refractivity contribution in [3.8, 4) is 5.75 Å². The van der Waals surface area contributed by atoms with Crippen LogP contribution >= 0.6 is 0 Å². The van der Waals surface area contributed by atoms with Gasteiger partial charge in [0.05, 0.1) is 14.2 Å². The minimum absolute atomic E-state index is 0.0456. The van der Waals surface area contributed by atoms with Crippen LogP contribution in [0.1, 0.15) is 19.4 Å². The number of ether oxygens (including phenoxy) is 2. The molecule has 0 radical (unpaired) electrons. The molecule has 1 aromatic carbocycles. The van der Waals surface area contributed by atoms with E-state index in [1.807, 2.05) is 38.1 Å². The summed E-state index contributed by atoms with van der Waals surface area (Å²) in [5.74, 6) is -0.0796. The number of nitrogens with one attached hydrogen (secondary N) is 1. The molecule has 0 saturated heterocycles. The lowest BCUT2D eigenvalue weighted by Gasteiger charge is -2.18. The Bertz CT molecular complexity index is 506. The van der Waals surface area contributed by atoms with Gasteiger partial charge in [0.15, 0.2) is 0 Å². The fourth-order valence-electron chi connectivity index (χ4n) is 1.71. The van der Waals surface area contributed by atoms with E-state index < -0.39 is 12.0 Å². The van der Waals surface area contributed by atoms with E-state index in [1.54, 1.807) is 13.2 Å². The predicted molar refractivity (Wildman–Crippen MR) is 80.8 cm³/mol. The second-order valence-electron chi connectivity index (χ2n) is 4.86. The Morgan fingerprint density at radius 2 is 1.76 bits per heavy atom. The number of esters is 1. The molecule has 0 fully saturated rings.